The Morgan fingerprint density at radius 3 is 2.83 bits per heavy atom. The first-order chi connectivity index (χ1) is 14.0. The van der Waals surface area contributed by atoms with E-state index >= 15 is 0 Å². The molecule has 0 aliphatic heterocycles. The van der Waals surface area contributed by atoms with Gasteiger partial charge in [-0.05, 0) is 36.8 Å². The van der Waals surface area contributed by atoms with Crippen LogP contribution in [0.3, 0.4) is 0 Å². The highest BCUT2D eigenvalue weighted by atomic mass is 16.5. The third-order valence-corrected chi connectivity index (χ3v) is 4.23. The number of hydrogen-bond donors (Lipinski definition) is 1. The molecule has 0 aliphatic carbocycles. The third kappa shape index (κ3) is 5.71. The molecule has 0 unspecified atom stereocenters. The van der Waals surface area contributed by atoms with Gasteiger partial charge in [0, 0.05) is 20.0 Å². The number of aryl methyl sites for hydroxylation is 1. The van der Waals surface area contributed by atoms with Gasteiger partial charge in [-0.15, -0.1) is 0 Å². The third-order valence-electron chi connectivity index (χ3n) is 4.23. The molecule has 0 radical (unpaired) electrons. The Kier molecular flexibility index (Phi) is 6.67. The average Bonchev–Trinajstić information content (AvgIpc) is 3.19. The second kappa shape index (κ2) is 9.59. The molecule has 2 amide bonds. The predicted octanol–water partition coefficient (Wildman–Crippen LogP) is 3.67. The largest absolute Gasteiger partial charge is 0.495 e. The molecule has 1 heterocycles. The van der Waals surface area contributed by atoms with Crippen LogP contribution in [-0.2, 0) is 13.0 Å². The maximum Gasteiger partial charge on any atom is 0.321 e. The van der Waals surface area contributed by atoms with Gasteiger partial charge in [-0.2, -0.15) is 4.98 Å². The summed E-state index contributed by atoms with van der Waals surface area (Å²) in [5.74, 6) is 2.26. The first-order valence-corrected chi connectivity index (χ1v) is 9.21. The minimum atomic E-state index is -0.249. The molecule has 0 spiro atoms. The van der Waals surface area contributed by atoms with Crippen LogP contribution >= 0.6 is 0 Å². The molecule has 0 saturated heterocycles. The number of hydrogen-bond acceptors (Lipinski definition) is 6. The van der Waals surface area contributed by atoms with Crippen molar-refractivity contribution in [3.8, 4) is 11.5 Å². The lowest BCUT2D eigenvalue weighted by molar-refractivity contribution is 0.222. The Morgan fingerprint density at radius 1 is 1.21 bits per heavy atom. The van der Waals surface area contributed by atoms with E-state index in [9.17, 15) is 4.79 Å². The van der Waals surface area contributed by atoms with E-state index in [0.29, 0.717) is 36.1 Å². The van der Waals surface area contributed by atoms with Gasteiger partial charge in [0.2, 0.25) is 0 Å². The quantitative estimate of drug-likeness (QED) is 0.625. The maximum absolute atomic E-state index is 12.4. The molecule has 2 aromatic carbocycles. The molecule has 0 fully saturated rings. The van der Waals surface area contributed by atoms with Crippen LogP contribution in [0.15, 0.2) is 53.1 Å². The maximum atomic E-state index is 12.4. The zero-order chi connectivity index (χ0) is 20.6. The first-order valence-electron chi connectivity index (χ1n) is 9.21. The summed E-state index contributed by atoms with van der Waals surface area (Å²) in [6.45, 7) is 2.62. The van der Waals surface area contributed by atoms with Gasteiger partial charge in [-0.1, -0.05) is 29.4 Å². The molecule has 1 N–H and O–H groups in total. The van der Waals surface area contributed by atoms with Crippen molar-refractivity contribution in [2.45, 2.75) is 20.0 Å². The number of nitrogens with zero attached hydrogens (tertiary/aromatic N) is 3. The van der Waals surface area contributed by atoms with Gasteiger partial charge < -0.3 is 24.2 Å². The average molecular weight is 396 g/mol. The minimum Gasteiger partial charge on any atom is -0.495 e. The second-order valence-corrected chi connectivity index (χ2v) is 6.51. The van der Waals surface area contributed by atoms with Crippen molar-refractivity contribution in [2.75, 3.05) is 26.0 Å². The predicted molar refractivity (Wildman–Crippen MR) is 108 cm³/mol. The number of carbonyl (C=O) groups is 1. The summed E-state index contributed by atoms with van der Waals surface area (Å²) in [5, 5.41) is 6.77. The Hall–Kier alpha value is -3.55. The fourth-order valence-corrected chi connectivity index (χ4v) is 2.63. The molecule has 8 heteroatoms. The summed E-state index contributed by atoms with van der Waals surface area (Å²) >= 11 is 0. The van der Waals surface area contributed by atoms with Crippen molar-refractivity contribution in [3.05, 3.63) is 65.8 Å². The van der Waals surface area contributed by atoms with Gasteiger partial charge in [0.1, 0.15) is 11.5 Å². The van der Waals surface area contributed by atoms with Crippen molar-refractivity contribution in [3.63, 3.8) is 0 Å². The van der Waals surface area contributed by atoms with Crippen molar-refractivity contribution >= 4 is 11.7 Å². The molecule has 0 saturated carbocycles. The fourth-order valence-electron chi connectivity index (χ4n) is 2.63. The second-order valence-electron chi connectivity index (χ2n) is 6.51. The number of aromatic nitrogens is 2. The molecular formula is C21H24N4O4. The van der Waals surface area contributed by atoms with Gasteiger partial charge in [0.05, 0.1) is 12.8 Å². The lowest BCUT2D eigenvalue weighted by Crippen LogP contribution is -2.33. The van der Waals surface area contributed by atoms with Crippen molar-refractivity contribution < 1.29 is 18.8 Å². The summed E-state index contributed by atoms with van der Waals surface area (Å²) in [4.78, 5) is 18.2. The topological polar surface area (TPSA) is 89.7 Å². The summed E-state index contributed by atoms with van der Waals surface area (Å²) < 4.78 is 16.1. The van der Waals surface area contributed by atoms with Gasteiger partial charge in [0.15, 0.2) is 12.4 Å². The Morgan fingerprint density at radius 2 is 2.03 bits per heavy atom. The van der Waals surface area contributed by atoms with Crippen LogP contribution in [0.2, 0.25) is 0 Å². The number of carbonyl (C=O) groups excluding carboxylic acids is 1. The minimum absolute atomic E-state index is 0.195. The molecule has 3 rings (SSSR count). The number of nitrogens with one attached hydrogen (secondary N) is 1. The van der Waals surface area contributed by atoms with Crippen LogP contribution in [0.1, 0.15) is 17.3 Å². The molecule has 3 aromatic rings. The van der Waals surface area contributed by atoms with Gasteiger partial charge >= 0.3 is 6.03 Å². The Bertz CT molecular complexity index is 957. The highest BCUT2D eigenvalue weighted by Gasteiger charge is 2.13. The van der Waals surface area contributed by atoms with Crippen LogP contribution in [0.5, 0.6) is 11.5 Å². The molecular weight excluding hydrogens is 372 g/mol. The smallest absolute Gasteiger partial charge is 0.321 e. The van der Waals surface area contributed by atoms with Crippen LogP contribution < -0.4 is 14.8 Å². The highest BCUT2D eigenvalue weighted by Crippen LogP contribution is 2.23. The molecule has 1 aromatic heterocycles. The summed E-state index contributed by atoms with van der Waals surface area (Å²) in [6.07, 6.45) is 0.462. The van der Waals surface area contributed by atoms with Crippen molar-refractivity contribution in [1.82, 2.24) is 15.0 Å². The van der Waals surface area contributed by atoms with Crippen molar-refractivity contribution in [1.29, 1.82) is 0 Å². The normalized spacial score (nSPS) is 10.4. The Labute approximate surface area is 169 Å². The fraction of sp³-hybridized carbons (Fsp3) is 0.286. The number of benzene rings is 2. The monoisotopic (exact) mass is 396 g/mol. The summed E-state index contributed by atoms with van der Waals surface area (Å²) in [7, 11) is 3.26. The molecule has 29 heavy (non-hydrogen) atoms. The van der Waals surface area contributed by atoms with Crippen LogP contribution in [0, 0.1) is 6.92 Å². The lowest BCUT2D eigenvalue weighted by atomic mass is 10.2. The molecule has 0 atom stereocenters. The van der Waals surface area contributed by atoms with Gasteiger partial charge in [0.25, 0.3) is 5.89 Å². The van der Waals surface area contributed by atoms with E-state index < -0.39 is 0 Å². The number of amides is 2. The summed E-state index contributed by atoms with van der Waals surface area (Å²) in [6, 6.07) is 14.7. The number of urea groups is 1. The Balaban J connectivity index is 1.47. The van der Waals surface area contributed by atoms with Crippen LogP contribution in [-0.4, -0.2) is 41.8 Å². The molecule has 0 aliphatic rings. The van der Waals surface area contributed by atoms with E-state index in [-0.39, 0.29) is 12.6 Å². The summed E-state index contributed by atoms with van der Waals surface area (Å²) in [5.41, 5.74) is 1.73. The molecule has 0 bridgehead atoms. The van der Waals surface area contributed by atoms with E-state index in [4.69, 9.17) is 14.0 Å². The van der Waals surface area contributed by atoms with Gasteiger partial charge in [-0.25, -0.2) is 4.79 Å². The molecule has 152 valence electrons. The highest BCUT2D eigenvalue weighted by molar-refractivity contribution is 5.90. The first kappa shape index (κ1) is 20.2. The molecule has 8 nitrogen and oxygen atoms in total. The zero-order valence-corrected chi connectivity index (χ0v) is 16.7. The standard InChI is InChI=1S/C21H24N4O4/c1-15-7-6-8-16(13-15)28-14-20-23-19(24-29-20)11-12-25(2)21(26)22-17-9-4-5-10-18(17)27-3/h4-10,13H,11-12,14H2,1-3H3,(H,22,26). The van der Waals surface area contributed by atoms with Crippen molar-refractivity contribution in [2.24, 2.45) is 0 Å². The number of rotatable bonds is 8. The number of methoxy groups -OCH3 is 1. The van der Waals surface area contributed by atoms with Crippen LogP contribution in [0.25, 0.3) is 0 Å². The zero-order valence-electron chi connectivity index (χ0n) is 16.7. The van der Waals surface area contributed by atoms with E-state index in [1.807, 2.05) is 43.3 Å². The number of anilines is 1. The number of ether oxygens (including phenoxy) is 2. The van der Waals surface area contributed by atoms with E-state index in [1.54, 1.807) is 31.2 Å². The number of para-hydroxylation sites is 2. The van der Waals surface area contributed by atoms with Gasteiger partial charge in [-0.3, -0.25) is 0 Å². The number of likely N-dealkylation sites (N-methyl/N-ethyl adjacent to an activating group) is 1. The van der Waals surface area contributed by atoms with E-state index in [0.717, 1.165) is 11.3 Å². The SMILES string of the molecule is COc1ccccc1NC(=O)N(C)CCc1noc(COc2cccc(C)c2)n1. The van der Waals surface area contributed by atoms with E-state index in [1.165, 1.54) is 0 Å². The van der Waals surface area contributed by atoms with Crippen LogP contribution in [0.4, 0.5) is 10.5 Å². The lowest BCUT2D eigenvalue weighted by Gasteiger charge is -2.18. The van der Waals surface area contributed by atoms with E-state index in [2.05, 4.69) is 15.5 Å².